The van der Waals surface area contributed by atoms with Gasteiger partial charge in [0.25, 0.3) is 0 Å². The summed E-state index contributed by atoms with van der Waals surface area (Å²) < 4.78 is 4.94. The molecule has 1 aliphatic heterocycles. The van der Waals surface area contributed by atoms with E-state index in [1.807, 2.05) is 47.7 Å². The summed E-state index contributed by atoms with van der Waals surface area (Å²) in [6.45, 7) is 12.4. The minimum Gasteiger partial charge on any atom is -0.469 e. The molecule has 1 amide bonds. The Morgan fingerprint density at radius 2 is 1.86 bits per heavy atom. The Hall–Kier alpha value is -3.67. The molecule has 3 rings (SSSR count). The Morgan fingerprint density at radius 1 is 1.14 bits per heavy atom. The van der Waals surface area contributed by atoms with E-state index in [9.17, 15) is 9.59 Å². The summed E-state index contributed by atoms with van der Waals surface area (Å²) in [6.07, 6.45) is 11.7. The second-order valence-electron chi connectivity index (χ2n) is 9.36. The molecular formula is C29H35N3O3. The van der Waals surface area contributed by atoms with Crippen LogP contribution in [0.2, 0.25) is 0 Å². The lowest BCUT2D eigenvalue weighted by atomic mass is 9.94. The van der Waals surface area contributed by atoms with Crippen molar-refractivity contribution in [3.8, 4) is 11.1 Å². The van der Waals surface area contributed by atoms with Gasteiger partial charge in [0.15, 0.2) is 0 Å². The monoisotopic (exact) mass is 473 g/mol. The number of hydrogen-bond acceptors (Lipinski definition) is 5. The number of rotatable bonds is 9. The average Bonchev–Trinajstić information content (AvgIpc) is 2.82. The maximum Gasteiger partial charge on any atom is 0.307 e. The van der Waals surface area contributed by atoms with Crippen LogP contribution in [0.5, 0.6) is 0 Å². The van der Waals surface area contributed by atoms with Crippen molar-refractivity contribution in [2.24, 2.45) is 5.92 Å². The molecule has 2 atom stereocenters. The molecule has 0 bridgehead atoms. The van der Waals surface area contributed by atoms with Crippen LogP contribution in [0.4, 0.5) is 0 Å². The van der Waals surface area contributed by atoms with Crippen molar-refractivity contribution in [3.05, 3.63) is 90.1 Å². The van der Waals surface area contributed by atoms with Crippen LogP contribution in [0.15, 0.2) is 73.4 Å². The van der Waals surface area contributed by atoms with Gasteiger partial charge in [-0.3, -0.25) is 14.6 Å². The summed E-state index contributed by atoms with van der Waals surface area (Å²) in [5.74, 6) is -0.296. The van der Waals surface area contributed by atoms with E-state index < -0.39 is 18.1 Å². The molecule has 1 aromatic heterocycles. The summed E-state index contributed by atoms with van der Waals surface area (Å²) in [6, 6.07) is 7.10. The van der Waals surface area contributed by atoms with E-state index in [0.29, 0.717) is 6.42 Å². The number of aryl methyl sites for hydroxylation is 2. The molecule has 1 aromatic carbocycles. The molecule has 0 fully saturated rings. The van der Waals surface area contributed by atoms with Gasteiger partial charge in [0, 0.05) is 29.9 Å². The molecule has 0 aliphatic carbocycles. The zero-order valence-electron chi connectivity index (χ0n) is 21.2. The maximum atomic E-state index is 13.6. The number of ether oxygens (including phenoxy) is 1. The summed E-state index contributed by atoms with van der Waals surface area (Å²) in [5.41, 5.74) is 5.81. The Labute approximate surface area is 208 Å². The van der Waals surface area contributed by atoms with Crippen molar-refractivity contribution < 1.29 is 14.3 Å². The van der Waals surface area contributed by atoms with Crippen LogP contribution in [0.1, 0.15) is 49.4 Å². The van der Waals surface area contributed by atoms with Gasteiger partial charge in [-0.25, -0.2) is 0 Å². The van der Waals surface area contributed by atoms with Gasteiger partial charge in [-0.05, 0) is 66.7 Å². The van der Waals surface area contributed by atoms with Crippen LogP contribution in [-0.4, -0.2) is 34.9 Å². The first-order valence-corrected chi connectivity index (χ1v) is 11.9. The predicted octanol–water partition coefficient (Wildman–Crippen LogP) is 5.40. The van der Waals surface area contributed by atoms with E-state index in [1.54, 1.807) is 6.20 Å². The second kappa shape index (κ2) is 11.6. The fraction of sp³-hybridized carbons (Fsp3) is 0.345. The molecule has 184 valence electrons. The topological polar surface area (TPSA) is 71.5 Å². The number of esters is 1. The third-order valence-electron chi connectivity index (χ3n) is 6.16. The number of methoxy groups -OCH3 is 1. The van der Waals surface area contributed by atoms with Crippen LogP contribution in [-0.2, 0) is 14.3 Å². The van der Waals surface area contributed by atoms with E-state index in [4.69, 9.17) is 4.74 Å². The molecule has 6 nitrogen and oxygen atoms in total. The number of carbonyl (C=O) groups excluding carboxylic acids is 2. The van der Waals surface area contributed by atoms with Crippen molar-refractivity contribution in [3.63, 3.8) is 0 Å². The second-order valence-corrected chi connectivity index (χ2v) is 9.36. The summed E-state index contributed by atoms with van der Waals surface area (Å²) in [5, 5.41) is 3.11. The summed E-state index contributed by atoms with van der Waals surface area (Å²) >= 11 is 0. The lowest BCUT2D eigenvalue weighted by Gasteiger charge is -2.33. The fourth-order valence-electron chi connectivity index (χ4n) is 4.41. The summed E-state index contributed by atoms with van der Waals surface area (Å²) in [7, 11) is 1.35. The van der Waals surface area contributed by atoms with Crippen LogP contribution in [0, 0.1) is 19.8 Å². The Balaban J connectivity index is 1.95. The number of allylic oxidation sites excluding steroid dienone is 3. The quantitative estimate of drug-likeness (QED) is 0.494. The van der Waals surface area contributed by atoms with Crippen molar-refractivity contribution in [2.45, 2.75) is 52.6 Å². The highest BCUT2D eigenvalue weighted by Crippen LogP contribution is 2.30. The molecule has 2 unspecified atom stereocenters. The molecule has 1 aliphatic rings. The van der Waals surface area contributed by atoms with Gasteiger partial charge in [0.2, 0.25) is 5.91 Å². The zero-order chi connectivity index (χ0) is 25.5. The van der Waals surface area contributed by atoms with Gasteiger partial charge in [-0.1, -0.05) is 44.7 Å². The molecule has 0 radical (unpaired) electrons. The fourth-order valence-corrected chi connectivity index (χ4v) is 4.41. The lowest BCUT2D eigenvalue weighted by molar-refractivity contribution is -0.141. The molecular weight excluding hydrogens is 438 g/mol. The number of amides is 1. The van der Waals surface area contributed by atoms with Gasteiger partial charge in [-0.2, -0.15) is 0 Å². The molecule has 6 heteroatoms. The van der Waals surface area contributed by atoms with E-state index >= 15 is 0 Å². The van der Waals surface area contributed by atoms with Gasteiger partial charge in [0.05, 0.1) is 19.6 Å². The van der Waals surface area contributed by atoms with Crippen LogP contribution >= 0.6 is 0 Å². The average molecular weight is 474 g/mol. The molecule has 35 heavy (non-hydrogen) atoms. The van der Waals surface area contributed by atoms with E-state index in [-0.39, 0.29) is 18.2 Å². The van der Waals surface area contributed by atoms with Crippen molar-refractivity contribution in [2.75, 3.05) is 7.11 Å². The highest BCUT2D eigenvalue weighted by atomic mass is 16.5. The Kier molecular flexibility index (Phi) is 8.63. The van der Waals surface area contributed by atoms with Crippen LogP contribution in [0.25, 0.3) is 11.1 Å². The largest absolute Gasteiger partial charge is 0.469 e. The zero-order valence-corrected chi connectivity index (χ0v) is 21.2. The van der Waals surface area contributed by atoms with E-state index in [0.717, 1.165) is 33.5 Å². The number of aromatic nitrogens is 1. The molecule has 2 aromatic rings. The summed E-state index contributed by atoms with van der Waals surface area (Å²) in [4.78, 5) is 32.3. The highest BCUT2D eigenvalue weighted by molar-refractivity contribution is 5.84. The number of carbonyl (C=O) groups is 2. The SMILES string of the molecule is C=C1C=CC=CN1C(CC(C)C)C(=O)NC(CC(=O)OC)c1cncc(-c2c(C)cccc2C)c1. The first-order chi connectivity index (χ1) is 16.7. The lowest BCUT2D eigenvalue weighted by Crippen LogP contribution is -2.46. The van der Waals surface area contributed by atoms with Crippen molar-refractivity contribution in [1.29, 1.82) is 0 Å². The van der Waals surface area contributed by atoms with Crippen LogP contribution < -0.4 is 5.32 Å². The van der Waals surface area contributed by atoms with Gasteiger partial charge >= 0.3 is 5.97 Å². The van der Waals surface area contributed by atoms with E-state index in [2.05, 4.69) is 56.7 Å². The molecule has 0 spiro atoms. The minimum atomic E-state index is -0.584. The number of nitrogens with one attached hydrogen (secondary N) is 1. The molecule has 0 saturated carbocycles. The Morgan fingerprint density at radius 3 is 2.49 bits per heavy atom. The number of nitrogens with zero attached hydrogens (tertiary/aromatic N) is 2. The third kappa shape index (κ3) is 6.47. The van der Waals surface area contributed by atoms with E-state index in [1.165, 1.54) is 7.11 Å². The highest BCUT2D eigenvalue weighted by Gasteiger charge is 2.30. The minimum absolute atomic E-state index is 0.00517. The first kappa shape index (κ1) is 25.9. The number of hydrogen-bond donors (Lipinski definition) is 1. The molecule has 0 saturated heterocycles. The van der Waals surface area contributed by atoms with Gasteiger partial charge in [0.1, 0.15) is 6.04 Å². The number of pyridine rings is 1. The normalized spacial score (nSPS) is 14.7. The number of benzene rings is 1. The van der Waals surface area contributed by atoms with Crippen LogP contribution in [0.3, 0.4) is 0 Å². The van der Waals surface area contributed by atoms with Gasteiger partial charge < -0.3 is 15.0 Å². The standard InChI is InChI=1S/C29H35N3O3/c1-19(2)14-26(32-13-8-7-12-22(32)5)29(34)31-25(16-27(33)35-6)23-15-24(18-30-17-23)28-20(3)10-9-11-21(28)4/h7-13,15,17-19,25-26H,5,14,16H2,1-4,6H3,(H,31,34). The first-order valence-electron chi connectivity index (χ1n) is 11.9. The van der Waals surface area contributed by atoms with Crippen molar-refractivity contribution in [1.82, 2.24) is 15.2 Å². The maximum absolute atomic E-state index is 13.6. The van der Waals surface area contributed by atoms with Gasteiger partial charge in [-0.15, -0.1) is 0 Å². The predicted molar refractivity (Wildman–Crippen MR) is 139 cm³/mol. The van der Waals surface area contributed by atoms with Crippen molar-refractivity contribution >= 4 is 11.9 Å². The third-order valence-corrected chi connectivity index (χ3v) is 6.16. The molecule has 2 heterocycles. The molecule has 1 N–H and O–H groups in total. The smallest absolute Gasteiger partial charge is 0.307 e. The Bertz CT molecular complexity index is 1130.